The molecule has 0 spiro atoms. The molecule has 0 aliphatic rings. The zero-order valence-electron chi connectivity index (χ0n) is 19.1. The van der Waals surface area contributed by atoms with Crippen LogP contribution in [0.3, 0.4) is 0 Å². The first kappa shape index (κ1) is 23.7. The standard InChI is InChI=1S/C27H34N2O3/c1-2-3-4-5-6-7-8-9-10-16-21-31-27(30)24-20-15-14-19-23(24)26-29-28-25(32-26)22-17-12-11-13-18-22/h11-15,17-20H,2-10,16,21H2,1H3. The number of carbonyl (C=O) groups excluding carboxylic acids is 1. The minimum Gasteiger partial charge on any atom is -0.462 e. The van der Waals surface area contributed by atoms with Gasteiger partial charge in [0.1, 0.15) is 0 Å². The van der Waals surface area contributed by atoms with Crippen molar-refractivity contribution < 1.29 is 13.9 Å². The highest BCUT2D eigenvalue weighted by molar-refractivity contribution is 5.96. The molecule has 3 aromatic rings. The molecular weight excluding hydrogens is 400 g/mol. The molecule has 0 bridgehead atoms. The predicted octanol–water partition coefficient (Wildman–Crippen LogP) is 7.48. The first-order valence-electron chi connectivity index (χ1n) is 11.9. The Bertz CT molecular complexity index is 937. The lowest BCUT2D eigenvalue weighted by Crippen LogP contribution is -2.08. The highest BCUT2D eigenvalue weighted by Gasteiger charge is 2.18. The van der Waals surface area contributed by atoms with Gasteiger partial charge in [0.25, 0.3) is 0 Å². The number of nitrogens with zero attached hydrogens (tertiary/aromatic N) is 2. The molecule has 3 rings (SSSR count). The number of esters is 1. The first-order valence-corrected chi connectivity index (χ1v) is 11.9. The molecule has 5 nitrogen and oxygen atoms in total. The largest absolute Gasteiger partial charge is 0.462 e. The van der Waals surface area contributed by atoms with E-state index in [-0.39, 0.29) is 5.97 Å². The van der Waals surface area contributed by atoms with Gasteiger partial charge < -0.3 is 9.15 Å². The van der Waals surface area contributed by atoms with E-state index in [4.69, 9.17) is 9.15 Å². The van der Waals surface area contributed by atoms with E-state index in [0.29, 0.717) is 29.5 Å². The van der Waals surface area contributed by atoms with Gasteiger partial charge in [0.2, 0.25) is 11.8 Å². The van der Waals surface area contributed by atoms with E-state index in [9.17, 15) is 4.79 Å². The summed E-state index contributed by atoms with van der Waals surface area (Å²) in [4.78, 5) is 12.7. The molecule has 0 aliphatic heterocycles. The molecule has 1 heterocycles. The maximum absolute atomic E-state index is 12.7. The van der Waals surface area contributed by atoms with Crippen molar-refractivity contribution in [2.75, 3.05) is 6.61 Å². The predicted molar refractivity (Wildman–Crippen MR) is 127 cm³/mol. The summed E-state index contributed by atoms with van der Waals surface area (Å²) < 4.78 is 11.4. The Balaban J connectivity index is 1.44. The van der Waals surface area contributed by atoms with Gasteiger partial charge in [0.05, 0.1) is 17.7 Å². The van der Waals surface area contributed by atoms with Crippen LogP contribution in [0.25, 0.3) is 22.9 Å². The Hall–Kier alpha value is -2.95. The van der Waals surface area contributed by atoms with Gasteiger partial charge in [0.15, 0.2) is 0 Å². The summed E-state index contributed by atoms with van der Waals surface area (Å²) >= 11 is 0. The van der Waals surface area contributed by atoms with E-state index in [0.717, 1.165) is 18.4 Å². The fourth-order valence-corrected chi connectivity index (χ4v) is 3.71. The molecule has 0 aliphatic carbocycles. The lowest BCUT2D eigenvalue weighted by atomic mass is 10.1. The Morgan fingerprint density at radius 1 is 0.750 bits per heavy atom. The number of rotatable bonds is 14. The second kappa shape index (κ2) is 13.5. The van der Waals surface area contributed by atoms with Crippen molar-refractivity contribution >= 4 is 5.97 Å². The maximum atomic E-state index is 12.7. The van der Waals surface area contributed by atoms with E-state index in [1.807, 2.05) is 42.5 Å². The van der Waals surface area contributed by atoms with E-state index < -0.39 is 0 Å². The normalized spacial score (nSPS) is 10.9. The van der Waals surface area contributed by atoms with Gasteiger partial charge in [0, 0.05) is 5.56 Å². The lowest BCUT2D eigenvalue weighted by Gasteiger charge is -2.07. The average molecular weight is 435 g/mol. The molecule has 0 saturated heterocycles. The first-order chi connectivity index (χ1) is 15.8. The van der Waals surface area contributed by atoms with Crippen LogP contribution in [0.15, 0.2) is 59.0 Å². The second-order valence-electron chi connectivity index (χ2n) is 8.14. The van der Waals surface area contributed by atoms with Crippen LogP contribution in [0.4, 0.5) is 0 Å². The monoisotopic (exact) mass is 434 g/mol. The number of ether oxygens (including phenoxy) is 1. The molecule has 1 aromatic heterocycles. The van der Waals surface area contributed by atoms with Crippen LogP contribution in [0.2, 0.25) is 0 Å². The number of unbranched alkanes of at least 4 members (excludes halogenated alkanes) is 9. The number of benzene rings is 2. The fourth-order valence-electron chi connectivity index (χ4n) is 3.71. The smallest absolute Gasteiger partial charge is 0.338 e. The highest BCUT2D eigenvalue weighted by atomic mass is 16.5. The van der Waals surface area contributed by atoms with Crippen LogP contribution >= 0.6 is 0 Å². The van der Waals surface area contributed by atoms with Gasteiger partial charge in [-0.2, -0.15) is 0 Å². The molecule has 0 amide bonds. The van der Waals surface area contributed by atoms with Gasteiger partial charge in [-0.1, -0.05) is 95.0 Å². The van der Waals surface area contributed by atoms with E-state index in [1.165, 1.54) is 51.4 Å². The summed E-state index contributed by atoms with van der Waals surface area (Å²) in [6, 6.07) is 16.8. The molecule has 0 saturated carbocycles. The van der Waals surface area contributed by atoms with Crippen molar-refractivity contribution in [1.29, 1.82) is 0 Å². The Morgan fingerprint density at radius 3 is 2.06 bits per heavy atom. The molecule has 170 valence electrons. The summed E-state index contributed by atoms with van der Waals surface area (Å²) in [7, 11) is 0. The molecule has 5 heteroatoms. The lowest BCUT2D eigenvalue weighted by molar-refractivity contribution is 0.0498. The third-order valence-corrected chi connectivity index (χ3v) is 5.55. The Labute approximate surface area is 191 Å². The van der Waals surface area contributed by atoms with Crippen molar-refractivity contribution in [2.45, 2.75) is 71.1 Å². The third kappa shape index (κ3) is 7.33. The minimum absolute atomic E-state index is 0.315. The third-order valence-electron chi connectivity index (χ3n) is 5.55. The zero-order chi connectivity index (χ0) is 22.4. The van der Waals surface area contributed by atoms with Crippen LogP contribution in [-0.4, -0.2) is 22.8 Å². The molecule has 0 N–H and O–H groups in total. The minimum atomic E-state index is -0.351. The summed E-state index contributed by atoms with van der Waals surface area (Å²) in [5.41, 5.74) is 1.88. The van der Waals surface area contributed by atoms with Gasteiger partial charge in [-0.3, -0.25) is 0 Å². The maximum Gasteiger partial charge on any atom is 0.338 e. The number of carbonyl (C=O) groups is 1. The molecule has 32 heavy (non-hydrogen) atoms. The van der Waals surface area contributed by atoms with Gasteiger partial charge in [-0.15, -0.1) is 10.2 Å². The van der Waals surface area contributed by atoms with Crippen LogP contribution in [0, 0.1) is 0 Å². The van der Waals surface area contributed by atoms with Crippen molar-refractivity contribution in [3.63, 3.8) is 0 Å². The number of hydrogen-bond acceptors (Lipinski definition) is 5. The van der Waals surface area contributed by atoms with Crippen LogP contribution < -0.4 is 0 Å². The molecule has 2 aromatic carbocycles. The van der Waals surface area contributed by atoms with Crippen molar-refractivity contribution in [3.05, 3.63) is 60.2 Å². The number of aromatic nitrogens is 2. The Kier molecular flexibility index (Phi) is 9.97. The molecule has 0 radical (unpaired) electrons. The average Bonchev–Trinajstić information content (AvgIpc) is 3.33. The van der Waals surface area contributed by atoms with Gasteiger partial charge in [-0.25, -0.2) is 4.79 Å². The van der Waals surface area contributed by atoms with Crippen molar-refractivity contribution in [2.24, 2.45) is 0 Å². The SMILES string of the molecule is CCCCCCCCCCCCOC(=O)c1ccccc1-c1nnc(-c2ccccc2)o1. The molecular formula is C27H34N2O3. The quantitative estimate of drug-likeness (QED) is 0.194. The van der Waals surface area contributed by atoms with E-state index in [2.05, 4.69) is 17.1 Å². The van der Waals surface area contributed by atoms with Crippen molar-refractivity contribution in [1.82, 2.24) is 10.2 Å². The van der Waals surface area contributed by atoms with Gasteiger partial charge >= 0.3 is 5.97 Å². The molecule has 0 atom stereocenters. The summed E-state index contributed by atoms with van der Waals surface area (Å²) in [5, 5.41) is 8.27. The van der Waals surface area contributed by atoms with Crippen LogP contribution in [0.1, 0.15) is 81.5 Å². The van der Waals surface area contributed by atoms with Crippen LogP contribution in [-0.2, 0) is 4.74 Å². The molecule has 0 fully saturated rings. The van der Waals surface area contributed by atoms with Crippen LogP contribution in [0.5, 0.6) is 0 Å². The van der Waals surface area contributed by atoms with Gasteiger partial charge in [-0.05, 0) is 30.7 Å². The fraction of sp³-hybridized carbons (Fsp3) is 0.444. The summed E-state index contributed by atoms with van der Waals surface area (Å²) in [6.07, 6.45) is 12.5. The molecule has 0 unspecified atom stereocenters. The summed E-state index contributed by atoms with van der Waals surface area (Å²) in [5.74, 6) is 0.389. The second-order valence-corrected chi connectivity index (χ2v) is 8.14. The van der Waals surface area contributed by atoms with E-state index in [1.54, 1.807) is 12.1 Å². The topological polar surface area (TPSA) is 65.2 Å². The number of hydrogen-bond donors (Lipinski definition) is 0. The highest BCUT2D eigenvalue weighted by Crippen LogP contribution is 2.26. The van der Waals surface area contributed by atoms with Crippen molar-refractivity contribution in [3.8, 4) is 22.9 Å². The zero-order valence-corrected chi connectivity index (χ0v) is 19.1. The van der Waals surface area contributed by atoms with E-state index >= 15 is 0 Å². The summed E-state index contributed by atoms with van der Waals surface area (Å²) in [6.45, 7) is 2.68. The Morgan fingerprint density at radius 2 is 1.34 bits per heavy atom.